The molecule has 6 nitrogen and oxygen atoms in total. The number of nitrogens with zero attached hydrogens (tertiary/aromatic N) is 3. The third-order valence-electron chi connectivity index (χ3n) is 4.94. The number of alkyl halides is 3. The van der Waals surface area contributed by atoms with Crippen LogP contribution in [0.4, 0.5) is 18.9 Å². The van der Waals surface area contributed by atoms with E-state index in [0.29, 0.717) is 6.07 Å². The summed E-state index contributed by atoms with van der Waals surface area (Å²) >= 11 is 12.4. The van der Waals surface area contributed by atoms with Crippen LogP contribution in [-0.4, -0.2) is 30.5 Å². The lowest BCUT2D eigenvalue weighted by molar-refractivity contribution is -0.141. The first-order chi connectivity index (χ1) is 16.5. The number of nitriles is 1. The fourth-order valence-corrected chi connectivity index (χ4v) is 3.83. The van der Waals surface area contributed by atoms with Gasteiger partial charge in [0.1, 0.15) is 5.69 Å². The van der Waals surface area contributed by atoms with Crippen LogP contribution in [0.3, 0.4) is 0 Å². The molecule has 180 valence electrons. The van der Waals surface area contributed by atoms with Gasteiger partial charge in [-0.2, -0.15) is 18.4 Å². The van der Waals surface area contributed by atoms with Crippen molar-refractivity contribution in [3.8, 4) is 17.2 Å². The number of amides is 1. The lowest BCUT2D eigenvalue weighted by atomic mass is 9.96. The molecule has 3 aromatic rings. The zero-order chi connectivity index (χ0) is 25.9. The molecule has 0 aliphatic carbocycles. The molecule has 0 bridgehead atoms. The van der Waals surface area contributed by atoms with E-state index in [4.69, 9.17) is 27.9 Å². The standard InChI is InChI=1S/C24H16Cl2F3N3O3/c1-3-35-23(34)16-5-4-6-19(26)21(16)32(2)22(33)15-8-7-14(25)10-17(15)18-12-31-20(24(27,28)29)9-13(18)11-30/h4-10,12H,3H2,1-2H3. The first-order valence-corrected chi connectivity index (χ1v) is 10.8. The Labute approximate surface area is 208 Å². The first-order valence-electron chi connectivity index (χ1n) is 10.0. The molecule has 35 heavy (non-hydrogen) atoms. The quantitative estimate of drug-likeness (QED) is 0.362. The van der Waals surface area contributed by atoms with E-state index < -0.39 is 23.7 Å². The minimum absolute atomic E-state index is 0.00955. The predicted octanol–water partition coefficient (Wildman–Crippen LogP) is 6.40. The summed E-state index contributed by atoms with van der Waals surface area (Å²) < 4.78 is 44.3. The minimum atomic E-state index is -4.76. The van der Waals surface area contributed by atoms with Gasteiger partial charge in [0.15, 0.2) is 0 Å². The molecule has 2 aromatic carbocycles. The van der Waals surface area contributed by atoms with E-state index >= 15 is 0 Å². The van der Waals surface area contributed by atoms with Crippen molar-refractivity contribution in [1.82, 2.24) is 4.98 Å². The average molecular weight is 522 g/mol. The molecule has 3 rings (SSSR count). The highest BCUT2D eigenvalue weighted by molar-refractivity contribution is 6.35. The van der Waals surface area contributed by atoms with E-state index in [1.165, 1.54) is 43.4 Å². The highest BCUT2D eigenvalue weighted by atomic mass is 35.5. The fraction of sp³-hybridized carbons (Fsp3) is 0.167. The molecule has 0 radical (unpaired) electrons. The van der Waals surface area contributed by atoms with Gasteiger partial charge >= 0.3 is 12.1 Å². The third-order valence-corrected chi connectivity index (χ3v) is 5.48. The van der Waals surface area contributed by atoms with Crippen molar-refractivity contribution in [2.75, 3.05) is 18.6 Å². The number of hydrogen-bond acceptors (Lipinski definition) is 5. The number of carbonyl (C=O) groups is 2. The van der Waals surface area contributed by atoms with Crippen molar-refractivity contribution in [1.29, 1.82) is 5.26 Å². The van der Waals surface area contributed by atoms with Crippen molar-refractivity contribution >= 4 is 40.8 Å². The molecule has 0 atom stereocenters. The van der Waals surface area contributed by atoms with E-state index in [1.807, 2.05) is 0 Å². The van der Waals surface area contributed by atoms with E-state index in [9.17, 15) is 28.0 Å². The Balaban J connectivity index is 2.16. The van der Waals surface area contributed by atoms with Crippen molar-refractivity contribution in [3.63, 3.8) is 0 Å². The van der Waals surface area contributed by atoms with Gasteiger partial charge in [-0.15, -0.1) is 0 Å². The Morgan fingerprint density at radius 1 is 1.11 bits per heavy atom. The van der Waals surface area contributed by atoms with Crippen molar-refractivity contribution in [2.24, 2.45) is 0 Å². The molecule has 0 aliphatic heterocycles. The first kappa shape index (κ1) is 26.0. The number of aromatic nitrogens is 1. The SMILES string of the molecule is CCOC(=O)c1cccc(Cl)c1N(C)C(=O)c1ccc(Cl)cc1-c1cnc(C(F)(F)F)cc1C#N. The van der Waals surface area contributed by atoms with Crippen molar-refractivity contribution < 1.29 is 27.5 Å². The van der Waals surface area contributed by atoms with Gasteiger partial charge in [0, 0.05) is 29.4 Å². The molecule has 0 aliphatic rings. The Morgan fingerprint density at radius 3 is 2.46 bits per heavy atom. The molecule has 0 fully saturated rings. The zero-order valence-electron chi connectivity index (χ0n) is 18.3. The molecule has 1 aromatic heterocycles. The predicted molar refractivity (Wildman–Crippen MR) is 125 cm³/mol. The Hall–Kier alpha value is -3.61. The van der Waals surface area contributed by atoms with E-state index in [-0.39, 0.29) is 50.2 Å². The smallest absolute Gasteiger partial charge is 0.433 e. The number of pyridine rings is 1. The van der Waals surface area contributed by atoms with Gasteiger partial charge in [0.2, 0.25) is 0 Å². The molecule has 0 spiro atoms. The molecule has 0 unspecified atom stereocenters. The van der Waals surface area contributed by atoms with Gasteiger partial charge < -0.3 is 9.64 Å². The normalized spacial score (nSPS) is 11.0. The second-order valence-corrected chi connectivity index (χ2v) is 7.98. The molecule has 0 saturated heterocycles. The summed E-state index contributed by atoms with van der Waals surface area (Å²) in [5.41, 5.74) is -1.44. The van der Waals surface area contributed by atoms with Crippen molar-refractivity contribution in [3.05, 3.63) is 81.1 Å². The molecular formula is C24H16Cl2F3N3O3. The Morgan fingerprint density at radius 2 is 1.83 bits per heavy atom. The second kappa shape index (κ2) is 10.3. The zero-order valence-corrected chi connectivity index (χ0v) is 19.8. The summed E-state index contributed by atoms with van der Waals surface area (Å²) in [5, 5.41) is 9.77. The van der Waals surface area contributed by atoms with Crippen LogP contribution in [0.5, 0.6) is 0 Å². The van der Waals surface area contributed by atoms with Crippen LogP contribution in [0.1, 0.15) is 38.9 Å². The van der Waals surface area contributed by atoms with Gasteiger partial charge in [0.05, 0.1) is 34.5 Å². The molecule has 0 N–H and O–H groups in total. The van der Waals surface area contributed by atoms with Crippen LogP contribution in [0.15, 0.2) is 48.7 Å². The number of rotatable bonds is 5. The number of anilines is 1. The highest BCUT2D eigenvalue weighted by Crippen LogP contribution is 2.36. The number of esters is 1. The molecular weight excluding hydrogens is 506 g/mol. The van der Waals surface area contributed by atoms with E-state index in [2.05, 4.69) is 4.98 Å². The minimum Gasteiger partial charge on any atom is -0.462 e. The maximum atomic E-state index is 13.6. The Kier molecular flexibility index (Phi) is 7.68. The summed E-state index contributed by atoms with van der Waals surface area (Å²) in [7, 11) is 1.38. The lowest BCUT2D eigenvalue weighted by Crippen LogP contribution is -2.29. The highest BCUT2D eigenvalue weighted by Gasteiger charge is 2.33. The number of halogens is 5. The average Bonchev–Trinajstić information content (AvgIpc) is 2.82. The summed E-state index contributed by atoms with van der Waals surface area (Å²) in [6.45, 7) is 1.73. The number of carbonyl (C=O) groups excluding carboxylic acids is 2. The summed E-state index contributed by atoms with van der Waals surface area (Å²) in [6, 6.07) is 10.9. The summed E-state index contributed by atoms with van der Waals surface area (Å²) in [4.78, 5) is 30.5. The number of para-hydroxylation sites is 1. The van der Waals surface area contributed by atoms with Gasteiger partial charge in [-0.05, 0) is 48.9 Å². The van der Waals surface area contributed by atoms with Crippen LogP contribution < -0.4 is 4.90 Å². The molecule has 1 heterocycles. The fourth-order valence-electron chi connectivity index (χ4n) is 3.36. The van der Waals surface area contributed by atoms with Crippen molar-refractivity contribution in [2.45, 2.75) is 13.1 Å². The summed E-state index contributed by atoms with van der Waals surface area (Å²) in [6.07, 6.45) is -3.89. The van der Waals surface area contributed by atoms with Gasteiger partial charge in [-0.3, -0.25) is 9.78 Å². The molecule has 0 saturated carbocycles. The topological polar surface area (TPSA) is 83.3 Å². The lowest BCUT2D eigenvalue weighted by Gasteiger charge is -2.23. The van der Waals surface area contributed by atoms with E-state index in [0.717, 1.165) is 11.1 Å². The van der Waals surface area contributed by atoms with Crippen LogP contribution >= 0.6 is 23.2 Å². The number of benzene rings is 2. The van der Waals surface area contributed by atoms with Crippen LogP contribution in [0.25, 0.3) is 11.1 Å². The monoisotopic (exact) mass is 521 g/mol. The van der Waals surface area contributed by atoms with Gasteiger partial charge in [0.25, 0.3) is 5.91 Å². The third kappa shape index (κ3) is 5.39. The number of hydrogen-bond donors (Lipinski definition) is 0. The largest absolute Gasteiger partial charge is 0.462 e. The van der Waals surface area contributed by atoms with Gasteiger partial charge in [-0.1, -0.05) is 29.3 Å². The maximum absolute atomic E-state index is 13.6. The van der Waals surface area contributed by atoms with E-state index in [1.54, 1.807) is 13.0 Å². The molecule has 1 amide bonds. The second-order valence-electron chi connectivity index (χ2n) is 7.14. The van der Waals surface area contributed by atoms with Crippen LogP contribution in [0.2, 0.25) is 10.0 Å². The van der Waals surface area contributed by atoms with Crippen LogP contribution in [0, 0.1) is 11.3 Å². The molecule has 11 heteroatoms. The summed E-state index contributed by atoms with van der Waals surface area (Å²) in [5.74, 6) is -1.36. The van der Waals surface area contributed by atoms with Gasteiger partial charge in [-0.25, -0.2) is 4.79 Å². The Bertz CT molecular complexity index is 1350. The maximum Gasteiger partial charge on any atom is 0.433 e. The number of ether oxygens (including phenoxy) is 1. The van der Waals surface area contributed by atoms with Crippen LogP contribution in [-0.2, 0) is 10.9 Å².